The Morgan fingerprint density at radius 1 is 1.32 bits per heavy atom. The molecule has 1 saturated heterocycles. The second kappa shape index (κ2) is 9.01. The number of halogens is 1. The molecule has 0 aromatic heterocycles. The van der Waals surface area contributed by atoms with Gasteiger partial charge in [-0.3, -0.25) is 9.69 Å². The maximum Gasteiger partial charge on any atom is 0.251 e. The van der Waals surface area contributed by atoms with Crippen LogP contribution in [0.25, 0.3) is 0 Å². The molecule has 7 heteroatoms. The molecule has 1 aliphatic heterocycles. The van der Waals surface area contributed by atoms with E-state index >= 15 is 0 Å². The number of carbonyl (C=O) groups excluding carboxylic acids is 1. The summed E-state index contributed by atoms with van der Waals surface area (Å²) in [7, 11) is -2.97. The molecule has 1 aliphatic rings. The lowest BCUT2D eigenvalue weighted by molar-refractivity contribution is 0.0925. The lowest BCUT2D eigenvalue weighted by Gasteiger charge is -2.23. The molecule has 0 saturated carbocycles. The molecule has 0 aliphatic carbocycles. The number of amides is 1. The van der Waals surface area contributed by atoms with Crippen molar-refractivity contribution in [1.29, 1.82) is 0 Å². The van der Waals surface area contributed by atoms with Crippen LogP contribution in [0.15, 0.2) is 24.3 Å². The Labute approximate surface area is 157 Å². The zero-order chi connectivity index (χ0) is 17.9. The third-order valence-corrected chi connectivity index (χ3v) is 5.60. The molecule has 1 fully saturated rings. The van der Waals surface area contributed by atoms with E-state index in [0.29, 0.717) is 30.5 Å². The molecule has 2 rings (SSSR count). The number of aryl methyl sites for hydroxylation is 1. The van der Waals surface area contributed by atoms with Gasteiger partial charge in [-0.2, -0.15) is 0 Å². The summed E-state index contributed by atoms with van der Waals surface area (Å²) in [6, 6.07) is 7.62. The first-order valence-electron chi connectivity index (χ1n) is 8.43. The molecule has 0 spiro atoms. The van der Waals surface area contributed by atoms with Gasteiger partial charge in [0.25, 0.3) is 5.91 Å². The monoisotopic (exact) mass is 388 g/mol. The van der Waals surface area contributed by atoms with E-state index in [1.165, 1.54) is 6.26 Å². The van der Waals surface area contributed by atoms with E-state index in [0.717, 1.165) is 12.1 Å². The Balaban J connectivity index is 0.00000312. The highest BCUT2D eigenvalue weighted by Gasteiger charge is 2.35. The van der Waals surface area contributed by atoms with Gasteiger partial charge in [-0.1, -0.05) is 31.5 Å². The predicted octanol–water partition coefficient (Wildman–Crippen LogP) is 2.15. The minimum absolute atomic E-state index is 0. The summed E-state index contributed by atoms with van der Waals surface area (Å²) < 4.78 is 22.8. The van der Waals surface area contributed by atoms with Crippen LogP contribution in [0.5, 0.6) is 0 Å². The van der Waals surface area contributed by atoms with Crippen LogP contribution in [0.2, 0.25) is 0 Å². The van der Waals surface area contributed by atoms with Crippen LogP contribution >= 0.6 is 12.4 Å². The van der Waals surface area contributed by atoms with Crippen molar-refractivity contribution < 1.29 is 13.2 Å². The minimum atomic E-state index is -2.97. The summed E-state index contributed by atoms with van der Waals surface area (Å²) >= 11 is 0. The van der Waals surface area contributed by atoms with E-state index in [9.17, 15) is 13.2 Å². The van der Waals surface area contributed by atoms with Gasteiger partial charge in [0.15, 0.2) is 0 Å². The Morgan fingerprint density at radius 3 is 2.56 bits per heavy atom. The largest absolute Gasteiger partial charge is 0.348 e. The van der Waals surface area contributed by atoms with E-state index in [1.54, 1.807) is 0 Å². The average molecular weight is 389 g/mol. The van der Waals surface area contributed by atoms with Gasteiger partial charge in [-0.25, -0.2) is 8.42 Å². The molecule has 25 heavy (non-hydrogen) atoms. The van der Waals surface area contributed by atoms with Gasteiger partial charge in [-0.05, 0) is 30.9 Å². The molecule has 0 unspecified atom stereocenters. The molecule has 1 aromatic carbocycles. The van der Waals surface area contributed by atoms with E-state index in [2.05, 4.69) is 24.1 Å². The third-order valence-electron chi connectivity index (χ3n) is 4.67. The van der Waals surface area contributed by atoms with Crippen molar-refractivity contribution in [2.45, 2.75) is 26.8 Å². The van der Waals surface area contributed by atoms with E-state index in [-0.39, 0.29) is 30.1 Å². The molecule has 142 valence electrons. The van der Waals surface area contributed by atoms with Crippen LogP contribution < -0.4 is 5.32 Å². The quantitative estimate of drug-likeness (QED) is 0.810. The first kappa shape index (κ1) is 21.9. The van der Waals surface area contributed by atoms with Crippen LogP contribution in [-0.4, -0.2) is 56.9 Å². The maximum absolute atomic E-state index is 12.5. The predicted molar refractivity (Wildman–Crippen MR) is 104 cm³/mol. The van der Waals surface area contributed by atoms with Crippen molar-refractivity contribution in [3.05, 3.63) is 35.4 Å². The first-order valence-corrected chi connectivity index (χ1v) is 10.5. The number of likely N-dealkylation sites (tertiary alicyclic amines) is 1. The van der Waals surface area contributed by atoms with Crippen LogP contribution in [0, 0.1) is 18.8 Å². The Kier molecular flexibility index (Phi) is 7.90. The zero-order valence-corrected chi connectivity index (χ0v) is 17.0. The van der Waals surface area contributed by atoms with E-state index in [1.807, 2.05) is 31.2 Å². The molecule has 1 aromatic rings. The number of sulfone groups is 1. The van der Waals surface area contributed by atoms with Gasteiger partial charge < -0.3 is 5.32 Å². The standard InChI is InChI=1S/C18H28N2O3S.ClH/c1-13(2)16-11-20(8-9-24(4,22)23)12-17(16)19-18(21)15-7-5-6-14(3)10-15;/h5-7,10,13,16-17H,8-9,11-12H2,1-4H3,(H,19,21);1H/t16-,17+;/m1./s1. The molecule has 5 nitrogen and oxygen atoms in total. The van der Waals surface area contributed by atoms with Crippen molar-refractivity contribution in [2.75, 3.05) is 31.6 Å². The normalized spacial score (nSPS) is 21.2. The lowest BCUT2D eigenvalue weighted by Crippen LogP contribution is -2.42. The summed E-state index contributed by atoms with van der Waals surface area (Å²) in [5.74, 6) is 0.866. The van der Waals surface area contributed by atoms with E-state index < -0.39 is 9.84 Å². The molecular weight excluding hydrogens is 360 g/mol. The van der Waals surface area contributed by atoms with Crippen molar-refractivity contribution in [3.63, 3.8) is 0 Å². The van der Waals surface area contributed by atoms with Gasteiger partial charge in [-0.15, -0.1) is 12.4 Å². The van der Waals surface area contributed by atoms with Gasteiger partial charge in [0, 0.05) is 37.5 Å². The fourth-order valence-electron chi connectivity index (χ4n) is 3.26. The molecule has 1 amide bonds. The van der Waals surface area contributed by atoms with Gasteiger partial charge in [0.05, 0.1) is 5.75 Å². The number of carbonyl (C=O) groups is 1. The summed E-state index contributed by atoms with van der Waals surface area (Å²) in [5, 5.41) is 3.15. The van der Waals surface area contributed by atoms with Crippen molar-refractivity contribution in [2.24, 2.45) is 11.8 Å². The maximum atomic E-state index is 12.5. The number of nitrogens with one attached hydrogen (secondary N) is 1. The summed E-state index contributed by atoms with van der Waals surface area (Å²) in [6.45, 7) is 8.32. The van der Waals surface area contributed by atoms with Gasteiger partial charge >= 0.3 is 0 Å². The van der Waals surface area contributed by atoms with E-state index in [4.69, 9.17) is 0 Å². The highest BCUT2D eigenvalue weighted by Crippen LogP contribution is 2.24. The smallest absolute Gasteiger partial charge is 0.251 e. The fraction of sp³-hybridized carbons (Fsp3) is 0.611. The lowest BCUT2D eigenvalue weighted by atomic mass is 9.91. The zero-order valence-electron chi connectivity index (χ0n) is 15.4. The minimum Gasteiger partial charge on any atom is -0.348 e. The number of hydrogen-bond acceptors (Lipinski definition) is 4. The second-order valence-corrected chi connectivity index (χ2v) is 9.51. The number of hydrogen-bond donors (Lipinski definition) is 1. The molecule has 1 N–H and O–H groups in total. The van der Waals surface area contributed by atoms with Crippen molar-refractivity contribution >= 4 is 28.2 Å². The third kappa shape index (κ3) is 6.60. The summed E-state index contributed by atoms with van der Waals surface area (Å²) in [4.78, 5) is 14.7. The average Bonchev–Trinajstić information content (AvgIpc) is 2.87. The first-order chi connectivity index (χ1) is 11.2. The second-order valence-electron chi connectivity index (χ2n) is 7.25. The molecule has 2 atom stereocenters. The van der Waals surface area contributed by atoms with Crippen molar-refractivity contribution in [1.82, 2.24) is 10.2 Å². The van der Waals surface area contributed by atoms with Crippen LogP contribution in [0.1, 0.15) is 29.8 Å². The SMILES string of the molecule is Cc1cccc(C(=O)N[C@H]2CN(CCS(C)(=O)=O)C[C@@H]2C(C)C)c1.Cl. The Bertz CT molecular complexity index is 691. The van der Waals surface area contributed by atoms with Crippen molar-refractivity contribution in [3.8, 4) is 0 Å². The van der Waals surface area contributed by atoms with Gasteiger partial charge in [0.1, 0.15) is 9.84 Å². The molecule has 1 heterocycles. The number of benzene rings is 1. The van der Waals surface area contributed by atoms with Gasteiger partial charge in [0.2, 0.25) is 0 Å². The Hall–Kier alpha value is -1.11. The van der Waals surface area contributed by atoms with Crippen LogP contribution in [-0.2, 0) is 9.84 Å². The summed E-state index contributed by atoms with van der Waals surface area (Å²) in [5.41, 5.74) is 1.73. The fourth-order valence-corrected chi connectivity index (χ4v) is 3.85. The molecular formula is C18H29ClN2O3S. The van der Waals surface area contributed by atoms with Crippen LogP contribution in [0.3, 0.4) is 0 Å². The topological polar surface area (TPSA) is 66.5 Å². The molecule has 0 bridgehead atoms. The Morgan fingerprint density at radius 2 is 2.00 bits per heavy atom. The molecule has 0 radical (unpaired) electrons. The van der Waals surface area contributed by atoms with Crippen LogP contribution in [0.4, 0.5) is 0 Å². The highest BCUT2D eigenvalue weighted by molar-refractivity contribution is 7.90. The number of nitrogens with zero attached hydrogens (tertiary/aromatic N) is 1. The summed E-state index contributed by atoms with van der Waals surface area (Å²) in [6.07, 6.45) is 1.26. The highest BCUT2D eigenvalue weighted by atomic mass is 35.5. The number of rotatable bonds is 6.